The molecule has 0 saturated carbocycles. The lowest BCUT2D eigenvalue weighted by Gasteiger charge is -2.38. The minimum atomic E-state index is 0.577. The molecule has 1 aromatic carbocycles. The van der Waals surface area contributed by atoms with Crippen molar-refractivity contribution in [1.82, 2.24) is 9.97 Å². The highest BCUT2D eigenvalue weighted by molar-refractivity contribution is 6.30. The molecule has 6 heteroatoms. The Morgan fingerprint density at radius 2 is 1.85 bits per heavy atom. The van der Waals surface area contributed by atoms with E-state index >= 15 is 0 Å². The lowest BCUT2D eigenvalue weighted by molar-refractivity contribution is 0.443. The van der Waals surface area contributed by atoms with Gasteiger partial charge in [0.1, 0.15) is 5.82 Å². The Kier molecular flexibility index (Phi) is 5.67. The summed E-state index contributed by atoms with van der Waals surface area (Å²) in [5.41, 5.74) is 1.20. The standard InChI is InChI=1S/C21H28ClN5/c1-2-18-7-3-4-11-27(18)21-23-10-9-20(24-21)26-14-12-25(13-15-26)19-8-5-6-17(22)16-19/h5-6,8-10,16,18H,2-4,7,11-15H2,1H3. The van der Waals surface area contributed by atoms with Gasteiger partial charge in [0.2, 0.25) is 5.95 Å². The molecule has 1 aromatic heterocycles. The fraction of sp³-hybridized carbons (Fsp3) is 0.524. The number of aromatic nitrogens is 2. The van der Waals surface area contributed by atoms with Crippen molar-refractivity contribution in [1.29, 1.82) is 0 Å². The van der Waals surface area contributed by atoms with Crippen molar-refractivity contribution < 1.29 is 0 Å². The number of hydrogen-bond acceptors (Lipinski definition) is 5. The van der Waals surface area contributed by atoms with Gasteiger partial charge in [0.05, 0.1) is 0 Å². The highest BCUT2D eigenvalue weighted by Crippen LogP contribution is 2.26. The van der Waals surface area contributed by atoms with E-state index < -0.39 is 0 Å². The molecule has 2 aromatic rings. The first-order valence-corrected chi connectivity index (χ1v) is 10.5. The first-order valence-electron chi connectivity index (χ1n) is 10.1. The smallest absolute Gasteiger partial charge is 0.227 e. The van der Waals surface area contributed by atoms with E-state index in [2.05, 4.69) is 32.7 Å². The summed E-state index contributed by atoms with van der Waals surface area (Å²) >= 11 is 6.14. The molecule has 0 bridgehead atoms. The van der Waals surface area contributed by atoms with E-state index in [1.54, 1.807) is 0 Å². The van der Waals surface area contributed by atoms with Crippen molar-refractivity contribution in [2.24, 2.45) is 0 Å². The van der Waals surface area contributed by atoms with Crippen molar-refractivity contribution >= 4 is 29.1 Å². The van der Waals surface area contributed by atoms with E-state index in [0.29, 0.717) is 6.04 Å². The summed E-state index contributed by atoms with van der Waals surface area (Å²) in [5.74, 6) is 1.95. The zero-order valence-electron chi connectivity index (χ0n) is 16.0. The predicted molar refractivity (Wildman–Crippen MR) is 113 cm³/mol. The van der Waals surface area contributed by atoms with Crippen LogP contribution >= 0.6 is 11.6 Å². The average molecular weight is 386 g/mol. The van der Waals surface area contributed by atoms with Gasteiger partial charge in [0.25, 0.3) is 0 Å². The van der Waals surface area contributed by atoms with Crippen LogP contribution in [0.25, 0.3) is 0 Å². The zero-order chi connectivity index (χ0) is 18.6. The highest BCUT2D eigenvalue weighted by atomic mass is 35.5. The third kappa shape index (κ3) is 4.13. The Labute approximate surface area is 167 Å². The predicted octanol–water partition coefficient (Wildman–Crippen LogP) is 4.23. The van der Waals surface area contributed by atoms with E-state index in [1.807, 2.05) is 30.5 Å². The summed E-state index contributed by atoms with van der Waals surface area (Å²) in [6, 6.07) is 10.7. The molecular formula is C21H28ClN5. The minimum Gasteiger partial charge on any atom is -0.368 e. The number of hydrogen-bond donors (Lipinski definition) is 0. The number of anilines is 3. The molecule has 0 radical (unpaired) electrons. The van der Waals surface area contributed by atoms with Crippen LogP contribution in [0.4, 0.5) is 17.5 Å². The minimum absolute atomic E-state index is 0.577. The van der Waals surface area contributed by atoms with Gasteiger partial charge in [-0.3, -0.25) is 0 Å². The maximum atomic E-state index is 6.14. The quantitative estimate of drug-likeness (QED) is 0.787. The third-order valence-corrected chi connectivity index (χ3v) is 6.00. The largest absolute Gasteiger partial charge is 0.368 e. The van der Waals surface area contributed by atoms with Crippen molar-refractivity contribution in [2.45, 2.75) is 38.6 Å². The van der Waals surface area contributed by atoms with Crippen LogP contribution in [-0.4, -0.2) is 48.7 Å². The molecule has 2 aliphatic heterocycles. The van der Waals surface area contributed by atoms with Crippen molar-refractivity contribution in [2.75, 3.05) is 47.4 Å². The van der Waals surface area contributed by atoms with Gasteiger partial charge in [-0.2, -0.15) is 4.98 Å². The molecule has 5 nitrogen and oxygen atoms in total. The van der Waals surface area contributed by atoms with Crippen molar-refractivity contribution in [3.63, 3.8) is 0 Å². The van der Waals surface area contributed by atoms with Crippen LogP contribution < -0.4 is 14.7 Å². The van der Waals surface area contributed by atoms with E-state index in [0.717, 1.165) is 55.9 Å². The summed E-state index contributed by atoms with van der Waals surface area (Å²) in [6.07, 6.45) is 6.89. The molecule has 1 atom stereocenters. The van der Waals surface area contributed by atoms with Crippen LogP contribution in [0, 0.1) is 0 Å². The number of piperazine rings is 1. The van der Waals surface area contributed by atoms with Gasteiger partial charge in [-0.25, -0.2) is 4.98 Å². The molecule has 2 aliphatic rings. The molecule has 2 fully saturated rings. The molecule has 3 heterocycles. The van der Waals surface area contributed by atoms with Crippen LogP contribution in [0.3, 0.4) is 0 Å². The number of rotatable bonds is 4. The van der Waals surface area contributed by atoms with Gasteiger partial charge < -0.3 is 14.7 Å². The fourth-order valence-corrected chi connectivity index (χ4v) is 4.39. The molecule has 1 unspecified atom stereocenters. The Morgan fingerprint density at radius 1 is 1.04 bits per heavy atom. The molecular weight excluding hydrogens is 358 g/mol. The highest BCUT2D eigenvalue weighted by Gasteiger charge is 2.24. The van der Waals surface area contributed by atoms with Crippen molar-refractivity contribution in [3.8, 4) is 0 Å². The molecule has 4 rings (SSSR count). The summed E-state index contributed by atoms with van der Waals surface area (Å²) in [6.45, 7) is 7.20. The van der Waals surface area contributed by atoms with Gasteiger partial charge in [-0.15, -0.1) is 0 Å². The molecule has 27 heavy (non-hydrogen) atoms. The van der Waals surface area contributed by atoms with Gasteiger partial charge in [-0.1, -0.05) is 24.6 Å². The molecule has 2 saturated heterocycles. The molecule has 0 N–H and O–H groups in total. The van der Waals surface area contributed by atoms with E-state index in [4.69, 9.17) is 16.6 Å². The lowest BCUT2D eigenvalue weighted by atomic mass is 10.0. The number of benzene rings is 1. The van der Waals surface area contributed by atoms with E-state index in [-0.39, 0.29) is 0 Å². The summed E-state index contributed by atoms with van der Waals surface area (Å²) < 4.78 is 0. The van der Waals surface area contributed by atoms with Gasteiger partial charge in [-0.05, 0) is 49.9 Å². The SMILES string of the molecule is CCC1CCCCN1c1nccc(N2CCN(c3cccc(Cl)c3)CC2)n1. The molecule has 0 spiro atoms. The summed E-state index contributed by atoms with van der Waals surface area (Å²) in [4.78, 5) is 16.7. The normalized spacial score (nSPS) is 20.8. The first kappa shape index (κ1) is 18.4. The zero-order valence-corrected chi connectivity index (χ0v) is 16.8. The van der Waals surface area contributed by atoms with Gasteiger partial charge in [0, 0.05) is 55.7 Å². The molecule has 0 aliphatic carbocycles. The summed E-state index contributed by atoms with van der Waals surface area (Å²) in [5, 5.41) is 0.794. The average Bonchev–Trinajstić information content (AvgIpc) is 2.74. The second-order valence-electron chi connectivity index (χ2n) is 7.42. The molecule has 144 valence electrons. The maximum absolute atomic E-state index is 6.14. The Balaban J connectivity index is 1.44. The Bertz CT molecular complexity index is 760. The third-order valence-electron chi connectivity index (χ3n) is 5.76. The van der Waals surface area contributed by atoms with Crippen LogP contribution in [-0.2, 0) is 0 Å². The lowest BCUT2D eigenvalue weighted by Crippen LogP contribution is -2.47. The second-order valence-corrected chi connectivity index (χ2v) is 7.86. The number of halogens is 1. The van der Waals surface area contributed by atoms with Gasteiger partial charge in [0.15, 0.2) is 0 Å². The van der Waals surface area contributed by atoms with E-state index in [1.165, 1.54) is 24.9 Å². The van der Waals surface area contributed by atoms with Crippen LogP contribution in [0.2, 0.25) is 5.02 Å². The van der Waals surface area contributed by atoms with Crippen LogP contribution in [0.15, 0.2) is 36.5 Å². The number of nitrogens with zero attached hydrogens (tertiary/aromatic N) is 5. The maximum Gasteiger partial charge on any atom is 0.227 e. The molecule has 0 amide bonds. The van der Waals surface area contributed by atoms with Crippen LogP contribution in [0.5, 0.6) is 0 Å². The van der Waals surface area contributed by atoms with Crippen molar-refractivity contribution in [3.05, 3.63) is 41.6 Å². The van der Waals surface area contributed by atoms with Crippen LogP contribution in [0.1, 0.15) is 32.6 Å². The number of piperidine rings is 1. The van der Waals surface area contributed by atoms with E-state index in [9.17, 15) is 0 Å². The van der Waals surface area contributed by atoms with Gasteiger partial charge >= 0.3 is 0 Å². The Morgan fingerprint density at radius 3 is 2.63 bits per heavy atom. The monoisotopic (exact) mass is 385 g/mol. The summed E-state index contributed by atoms with van der Waals surface area (Å²) in [7, 11) is 0. The topological polar surface area (TPSA) is 35.5 Å². The first-order chi connectivity index (χ1) is 13.2. The second kappa shape index (κ2) is 8.34. The Hall–Kier alpha value is -2.01. The fourth-order valence-electron chi connectivity index (χ4n) is 4.21.